The highest BCUT2D eigenvalue weighted by Crippen LogP contribution is 2.19. The van der Waals surface area contributed by atoms with Crippen molar-refractivity contribution in [2.45, 2.75) is 26.2 Å². The van der Waals surface area contributed by atoms with Gasteiger partial charge in [0.1, 0.15) is 5.75 Å². The number of benzene rings is 2. The van der Waals surface area contributed by atoms with Gasteiger partial charge in [0.2, 0.25) is 5.78 Å². The molecule has 0 bridgehead atoms. The number of hydrogen-bond acceptors (Lipinski definition) is 6. The number of nitro groups is 1. The van der Waals surface area contributed by atoms with Crippen molar-refractivity contribution >= 4 is 17.4 Å². The third-order valence-electron chi connectivity index (χ3n) is 4.05. The van der Waals surface area contributed by atoms with Crippen LogP contribution >= 0.6 is 0 Å². The van der Waals surface area contributed by atoms with Crippen LogP contribution in [0.5, 0.6) is 5.75 Å². The van der Waals surface area contributed by atoms with E-state index < -0.39 is 23.3 Å². The molecule has 0 radical (unpaired) electrons. The number of nitrogens with zero attached hydrogens (tertiary/aromatic N) is 1. The monoisotopic (exact) mass is 371 g/mol. The lowest BCUT2D eigenvalue weighted by Gasteiger charge is -2.08. The van der Waals surface area contributed by atoms with E-state index in [9.17, 15) is 19.7 Å². The molecule has 0 heterocycles. The summed E-state index contributed by atoms with van der Waals surface area (Å²) in [4.78, 5) is 34.0. The van der Waals surface area contributed by atoms with E-state index in [4.69, 9.17) is 9.47 Å². The van der Waals surface area contributed by atoms with Crippen LogP contribution in [-0.4, -0.2) is 30.4 Å². The number of esters is 1. The zero-order chi connectivity index (χ0) is 19.8. The maximum atomic E-state index is 12.0. The number of ketones is 1. The Hall–Kier alpha value is -3.22. The standard InChI is InChI=1S/C20H21NO6/c1-14-11-15(9-10-19(14)26-2)5-3-8-20(23)27-13-18(22)16-6-4-7-17(12-16)21(24)25/h4,6-7,9-12H,3,5,8,13H2,1-2H3. The Kier molecular flexibility index (Phi) is 7.05. The van der Waals surface area contributed by atoms with Gasteiger partial charge in [0.05, 0.1) is 12.0 Å². The Morgan fingerprint density at radius 1 is 1.15 bits per heavy atom. The van der Waals surface area contributed by atoms with Crippen LogP contribution in [0.3, 0.4) is 0 Å². The largest absolute Gasteiger partial charge is 0.496 e. The van der Waals surface area contributed by atoms with Crippen molar-refractivity contribution in [3.8, 4) is 5.75 Å². The Morgan fingerprint density at radius 2 is 1.93 bits per heavy atom. The second-order valence-electron chi connectivity index (χ2n) is 6.05. The lowest BCUT2D eigenvalue weighted by atomic mass is 10.1. The van der Waals surface area contributed by atoms with Gasteiger partial charge in [-0.3, -0.25) is 19.7 Å². The van der Waals surface area contributed by atoms with Gasteiger partial charge in [0, 0.05) is 24.1 Å². The number of rotatable bonds is 9. The first kappa shape index (κ1) is 20.1. The summed E-state index contributed by atoms with van der Waals surface area (Å²) in [6.45, 7) is 1.53. The van der Waals surface area contributed by atoms with Gasteiger partial charge in [0.25, 0.3) is 5.69 Å². The lowest BCUT2D eigenvalue weighted by Crippen LogP contribution is -2.14. The summed E-state index contributed by atoms with van der Waals surface area (Å²) in [6, 6.07) is 11.2. The van der Waals surface area contributed by atoms with Crippen LogP contribution in [0.25, 0.3) is 0 Å². The average molecular weight is 371 g/mol. The summed E-state index contributed by atoms with van der Waals surface area (Å²) < 4.78 is 10.2. The SMILES string of the molecule is COc1ccc(CCCC(=O)OCC(=O)c2cccc([N+](=O)[O-])c2)cc1C. The van der Waals surface area contributed by atoms with E-state index in [-0.39, 0.29) is 17.7 Å². The Bertz CT molecular complexity index is 846. The maximum absolute atomic E-state index is 12.0. The highest BCUT2D eigenvalue weighted by Gasteiger charge is 2.13. The zero-order valence-electron chi connectivity index (χ0n) is 15.3. The van der Waals surface area contributed by atoms with E-state index in [2.05, 4.69) is 0 Å². The molecule has 7 heteroatoms. The molecule has 27 heavy (non-hydrogen) atoms. The van der Waals surface area contributed by atoms with Gasteiger partial charge in [-0.25, -0.2) is 0 Å². The number of carbonyl (C=O) groups is 2. The van der Waals surface area contributed by atoms with Crippen molar-refractivity contribution in [1.82, 2.24) is 0 Å². The van der Waals surface area contributed by atoms with Crippen molar-refractivity contribution in [3.63, 3.8) is 0 Å². The number of carbonyl (C=O) groups excluding carboxylic acids is 2. The van der Waals surface area contributed by atoms with Crippen LogP contribution in [0.2, 0.25) is 0 Å². The number of methoxy groups -OCH3 is 1. The van der Waals surface area contributed by atoms with Crippen molar-refractivity contribution < 1.29 is 24.0 Å². The number of ether oxygens (including phenoxy) is 2. The van der Waals surface area contributed by atoms with Crippen LogP contribution in [0, 0.1) is 17.0 Å². The molecule has 0 fully saturated rings. The smallest absolute Gasteiger partial charge is 0.306 e. The van der Waals surface area contributed by atoms with E-state index in [0.717, 1.165) is 16.9 Å². The van der Waals surface area contributed by atoms with E-state index in [1.807, 2.05) is 25.1 Å². The molecule has 0 atom stereocenters. The number of hydrogen-bond donors (Lipinski definition) is 0. The Labute approximate surface area is 157 Å². The van der Waals surface area contributed by atoms with E-state index in [0.29, 0.717) is 12.8 Å². The molecule has 142 valence electrons. The zero-order valence-corrected chi connectivity index (χ0v) is 15.3. The molecule has 2 aromatic rings. The number of aryl methyl sites for hydroxylation is 2. The molecule has 0 saturated carbocycles. The highest BCUT2D eigenvalue weighted by molar-refractivity contribution is 5.98. The minimum Gasteiger partial charge on any atom is -0.496 e. The molecule has 7 nitrogen and oxygen atoms in total. The van der Waals surface area contributed by atoms with Crippen molar-refractivity contribution in [2.24, 2.45) is 0 Å². The molecule has 0 aliphatic rings. The fourth-order valence-corrected chi connectivity index (χ4v) is 2.63. The Morgan fingerprint density at radius 3 is 2.59 bits per heavy atom. The van der Waals surface area contributed by atoms with Gasteiger partial charge in [-0.15, -0.1) is 0 Å². The summed E-state index contributed by atoms with van der Waals surface area (Å²) in [6.07, 6.45) is 1.49. The summed E-state index contributed by atoms with van der Waals surface area (Å²) >= 11 is 0. The first-order valence-electron chi connectivity index (χ1n) is 8.47. The molecule has 0 aromatic heterocycles. The summed E-state index contributed by atoms with van der Waals surface area (Å²) in [7, 11) is 1.62. The van der Waals surface area contributed by atoms with Crippen LogP contribution in [0.15, 0.2) is 42.5 Å². The van der Waals surface area contributed by atoms with E-state index in [1.54, 1.807) is 7.11 Å². The molecule has 0 unspecified atom stereocenters. The lowest BCUT2D eigenvalue weighted by molar-refractivity contribution is -0.384. The Balaban J connectivity index is 1.77. The van der Waals surface area contributed by atoms with Gasteiger partial charge >= 0.3 is 5.97 Å². The maximum Gasteiger partial charge on any atom is 0.306 e. The van der Waals surface area contributed by atoms with Crippen LogP contribution < -0.4 is 4.74 Å². The molecule has 0 N–H and O–H groups in total. The van der Waals surface area contributed by atoms with Gasteiger partial charge in [0.15, 0.2) is 6.61 Å². The second-order valence-corrected chi connectivity index (χ2v) is 6.05. The van der Waals surface area contributed by atoms with Gasteiger partial charge in [-0.2, -0.15) is 0 Å². The predicted molar refractivity (Wildman–Crippen MR) is 99.1 cm³/mol. The van der Waals surface area contributed by atoms with E-state index in [1.165, 1.54) is 24.3 Å². The van der Waals surface area contributed by atoms with Crippen molar-refractivity contribution in [3.05, 3.63) is 69.3 Å². The third-order valence-corrected chi connectivity index (χ3v) is 4.05. The van der Waals surface area contributed by atoms with Crippen LogP contribution in [-0.2, 0) is 16.0 Å². The molecular formula is C20H21NO6. The van der Waals surface area contributed by atoms with Crippen molar-refractivity contribution in [2.75, 3.05) is 13.7 Å². The van der Waals surface area contributed by atoms with Crippen LogP contribution in [0.1, 0.15) is 34.3 Å². The first-order valence-corrected chi connectivity index (χ1v) is 8.47. The fourth-order valence-electron chi connectivity index (χ4n) is 2.63. The summed E-state index contributed by atoms with van der Waals surface area (Å²) in [5.74, 6) is -0.130. The first-order chi connectivity index (χ1) is 12.9. The van der Waals surface area contributed by atoms with Gasteiger partial charge in [-0.05, 0) is 37.0 Å². The topological polar surface area (TPSA) is 95.7 Å². The molecule has 2 aromatic carbocycles. The van der Waals surface area contributed by atoms with Gasteiger partial charge < -0.3 is 9.47 Å². The third kappa shape index (κ3) is 5.91. The second kappa shape index (κ2) is 9.47. The van der Waals surface area contributed by atoms with Crippen LogP contribution in [0.4, 0.5) is 5.69 Å². The minimum absolute atomic E-state index is 0.144. The number of nitro benzene ring substituents is 1. The molecule has 2 rings (SSSR count). The minimum atomic E-state index is -0.580. The molecule has 0 saturated heterocycles. The number of non-ortho nitro benzene ring substituents is 1. The quantitative estimate of drug-likeness (QED) is 0.289. The molecule has 0 spiro atoms. The molecule has 0 aliphatic carbocycles. The summed E-state index contributed by atoms with van der Waals surface area (Å²) in [5.41, 5.74) is 2.08. The van der Waals surface area contributed by atoms with Crippen molar-refractivity contribution in [1.29, 1.82) is 0 Å². The number of Topliss-reactive ketones (excluding diaryl/α,β-unsaturated/α-hetero) is 1. The summed E-state index contributed by atoms with van der Waals surface area (Å²) in [5, 5.41) is 10.7. The van der Waals surface area contributed by atoms with E-state index >= 15 is 0 Å². The average Bonchev–Trinajstić information content (AvgIpc) is 2.66. The molecule has 0 aliphatic heterocycles. The highest BCUT2D eigenvalue weighted by atomic mass is 16.6. The predicted octanol–water partition coefficient (Wildman–Crippen LogP) is 3.66. The molecular weight excluding hydrogens is 350 g/mol. The van der Waals surface area contributed by atoms with Gasteiger partial charge in [-0.1, -0.05) is 24.3 Å². The fraction of sp³-hybridized carbons (Fsp3) is 0.300. The molecule has 0 amide bonds. The normalized spacial score (nSPS) is 10.3.